The lowest BCUT2D eigenvalue weighted by Gasteiger charge is -2.37. The van der Waals surface area contributed by atoms with Gasteiger partial charge in [-0.05, 0) is 36.2 Å². The Bertz CT molecular complexity index is 714. The fourth-order valence-electron chi connectivity index (χ4n) is 3.46. The predicted octanol–water partition coefficient (Wildman–Crippen LogP) is 2.82. The van der Waals surface area contributed by atoms with Crippen LogP contribution in [0.25, 0.3) is 0 Å². The van der Waals surface area contributed by atoms with Crippen molar-refractivity contribution in [2.24, 2.45) is 0 Å². The largest absolute Gasteiger partial charge is 0.495 e. The number of para-hydroxylation sites is 2. The zero-order valence-corrected chi connectivity index (χ0v) is 16.3. The van der Waals surface area contributed by atoms with Crippen LogP contribution in [0.4, 0.5) is 5.69 Å². The van der Waals surface area contributed by atoms with Crippen LogP contribution < -0.4 is 14.4 Å². The highest BCUT2D eigenvalue weighted by Crippen LogP contribution is 2.28. The van der Waals surface area contributed by atoms with E-state index in [9.17, 15) is 5.11 Å². The predicted molar refractivity (Wildman–Crippen MR) is 109 cm³/mol. The summed E-state index contributed by atoms with van der Waals surface area (Å²) in [6, 6.07) is 16.2. The third-order valence-corrected chi connectivity index (χ3v) is 5.02. The Morgan fingerprint density at radius 3 is 2.56 bits per heavy atom. The first-order chi connectivity index (χ1) is 13.2. The summed E-state index contributed by atoms with van der Waals surface area (Å²) in [5, 5.41) is 10.4. The van der Waals surface area contributed by atoms with Crippen LogP contribution >= 0.6 is 0 Å². The van der Waals surface area contributed by atoms with Gasteiger partial charge >= 0.3 is 0 Å². The summed E-state index contributed by atoms with van der Waals surface area (Å²) >= 11 is 0. The Labute approximate surface area is 162 Å². The van der Waals surface area contributed by atoms with E-state index in [0.29, 0.717) is 13.2 Å². The number of β-amino-alcohol motifs (C(OH)–C–C–N with tert-alkyl or cyclic N) is 1. The Balaban J connectivity index is 1.44. The number of methoxy groups -OCH3 is 1. The van der Waals surface area contributed by atoms with Crippen molar-refractivity contribution in [3.63, 3.8) is 0 Å². The third-order valence-electron chi connectivity index (χ3n) is 5.02. The van der Waals surface area contributed by atoms with Crippen molar-refractivity contribution in [2.75, 3.05) is 51.3 Å². The highest BCUT2D eigenvalue weighted by atomic mass is 16.5. The molecule has 0 amide bonds. The lowest BCUT2D eigenvalue weighted by atomic mass is 10.2. The molecule has 0 radical (unpaired) electrons. The van der Waals surface area contributed by atoms with Gasteiger partial charge in [-0.25, -0.2) is 0 Å². The van der Waals surface area contributed by atoms with E-state index in [2.05, 4.69) is 28.9 Å². The minimum atomic E-state index is -0.493. The molecule has 2 aromatic carbocycles. The average molecular weight is 370 g/mol. The molecule has 5 nitrogen and oxygen atoms in total. The minimum Gasteiger partial charge on any atom is -0.495 e. The van der Waals surface area contributed by atoms with Crippen molar-refractivity contribution in [1.29, 1.82) is 0 Å². The highest BCUT2D eigenvalue weighted by molar-refractivity contribution is 5.58. The number of nitrogens with zero attached hydrogens (tertiary/aromatic N) is 2. The second-order valence-corrected chi connectivity index (χ2v) is 6.93. The molecule has 0 bridgehead atoms. The van der Waals surface area contributed by atoms with Crippen LogP contribution in [0.3, 0.4) is 0 Å². The van der Waals surface area contributed by atoms with Gasteiger partial charge in [-0.2, -0.15) is 0 Å². The van der Waals surface area contributed by atoms with Gasteiger partial charge in [-0.3, -0.25) is 4.90 Å². The average Bonchev–Trinajstić information content (AvgIpc) is 2.73. The first-order valence-corrected chi connectivity index (χ1v) is 9.69. The number of hydrogen-bond acceptors (Lipinski definition) is 5. The van der Waals surface area contributed by atoms with Crippen LogP contribution in [0, 0.1) is 0 Å². The SMILES string of the molecule is CCc1cccc(OCC(O)CN2CCN(c3ccccc3OC)CC2)c1. The fourth-order valence-corrected chi connectivity index (χ4v) is 3.46. The second kappa shape index (κ2) is 9.62. The van der Waals surface area contributed by atoms with E-state index in [4.69, 9.17) is 9.47 Å². The highest BCUT2D eigenvalue weighted by Gasteiger charge is 2.21. The molecular weight excluding hydrogens is 340 g/mol. The van der Waals surface area contributed by atoms with Gasteiger partial charge in [0.15, 0.2) is 0 Å². The molecule has 0 aliphatic carbocycles. The van der Waals surface area contributed by atoms with Gasteiger partial charge < -0.3 is 19.5 Å². The maximum absolute atomic E-state index is 10.4. The molecule has 2 aromatic rings. The van der Waals surface area contributed by atoms with E-state index >= 15 is 0 Å². The zero-order valence-electron chi connectivity index (χ0n) is 16.3. The Morgan fingerprint density at radius 2 is 1.81 bits per heavy atom. The number of rotatable bonds is 8. The molecule has 0 spiro atoms. The number of aliphatic hydroxyl groups is 1. The van der Waals surface area contributed by atoms with Crippen LogP contribution in [0.15, 0.2) is 48.5 Å². The van der Waals surface area contributed by atoms with E-state index in [1.807, 2.05) is 36.4 Å². The topological polar surface area (TPSA) is 45.2 Å². The quantitative estimate of drug-likeness (QED) is 0.774. The van der Waals surface area contributed by atoms with Crippen LogP contribution in [0.2, 0.25) is 0 Å². The Hall–Kier alpha value is -2.24. The molecule has 1 fully saturated rings. The molecule has 146 valence electrons. The van der Waals surface area contributed by atoms with Crippen molar-refractivity contribution in [3.05, 3.63) is 54.1 Å². The number of piperazine rings is 1. The van der Waals surface area contributed by atoms with E-state index in [1.165, 1.54) is 5.56 Å². The maximum atomic E-state index is 10.4. The molecule has 1 atom stereocenters. The van der Waals surface area contributed by atoms with Crippen molar-refractivity contribution in [2.45, 2.75) is 19.4 Å². The van der Waals surface area contributed by atoms with E-state index in [-0.39, 0.29) is 0 Å². The molecule has 1 heterocycles. The van der Waals surface area contributed by atoms with Gasteiger partial charge in [0, 0.05) is 32.7 Å². The summed E-state index contributed by atoms with van der Waals surface area (Å²) < 4.78 is 11.2. The molecule has 0 aromatic heterocycles. The fraction of sp³-hybridized carbons (Fsp3) is 0.455. The molecule has 1 unspecified atom stereocenters. The number of benzene rings is 2. The van der Waals surface area contributed by atoms with Crippen molar-refractivity contribution < 1.29 is 14.6 Å². The lowest BCUT2D eigenvalue weighted by Crippen LogP contribution is -2.49. The molecule has 3 rings (SSSR count). The monoisotopic (exact) mass is 370 g/mol. The molecule has 1 aliphatic heterocycles. The summed E-state index contributed by atoms with van der Waals surface area (Å²) in [5.74, 6) is 1.74. The molecule has 5 heteroatoms. The standard InChI is InChI=1S/C22H30N2O3/c1-3-18-7-6-8-20(15-18)27-17-19(25)16-23-11-13-24(14-12-23)21-9-4-5-10-22(21)26-2/h4-10,15,19,25H,3,11-14,16-17H2,1-2H3. The normalized spacial score (nSPS) is 16.2. The van der Waals surface area contributed by atoms with Gasteiger partial charge in [-0.15, -0.1) is 0 Å². The molecule has 1 aliphatic rings. The Morgan fingerprint density at radius 1 is 1.04 bits per heavy atom. The van der Waals surface area contributed by atoms with Crippen molar-refractivity contribution in [3.8, 4) is 11.5 Å². The van der Waals surface area contributed by atoms with Gasteiger partial charge in [0.25, 0.3) is 0 Å². The van der Waals surface area contributed by atoms with E-state index < -0.39 is 6.10 Å². The number of aliphatic hydroxyl groups excluding tert-OH is 1. The van der Waals surface area contributed by atoms with Crippen LogP contribution in [-0.2, 0) is 6.42 Å². The minimum absolute atomic E-state index is 0.319. The van der Waals surface area contributed by atoms with Gasteiger partial charge in [0.1, 0.15) is 24.2 Å². The zero-order chi connectivity index (χ0) is 19.1. The van der Waals surface area contributed by atoms with Gasteiger partial charge in [0.05, 0.1) is 12.8 Å². The number of aryl methyl sites for hydroxylation is 1. The molecule has 27 heavy (non-hydrogen) atoms. The van der Waals surface area contributed by atoms with Gasteiger partial charge in [0.2, 0.25) is 0 Å². The Kier molecular flexibility index (Phi) is 6.96. The number of anilines is 1. The van der Waals surface area contributed by atoms with Crippen LogP contribution in [0.1, 0.15) is 12.5 Å². The summed E-state index contributed by atoms with van der Waals surface area (Å²) in [7, 11) is 1.71. The van der Waals surface area contributed by atoms with Crippen LogP contribution in [0.5, 0.6) is 11.5 Å². The summed E-state index contributed by atoms with van der Waals surface area (Å²) in [6.45, 7) is 6.76. The maximum Gasteiger partial charge on any atom is 0.142 e. The van der Waals surface area contributed by atoms with Gasteiger partial charge in [-0.1, -0.05) is 31.2 Å². The molecule has 1 N–H and O–H groups in total. The first-order valence-electron chi connectivity index (χ1n) is 9.69. The summed E-state index contributed by atoms with van der Waals surface area (Å²) in [5.41, 5.74) is 2.38. The summed E-state index contributed by atoms with van der Waals surface area (Å²) in [6.07, 6.45) is 0.490. The smallest absolute Gasteiger partial charge is 0.142 e. The molecule has 0 saturated carbocycles. The second-order valence-electron chi connectivity index (χ2n) is 6.93. The summed E-state index contributed by atoms with van der Waals surface area (Å²) in [4.78, 5) is 4.64. The van der Waals surface area contributed by atoms with Crippen LogP contribution in [-0.4, -0.2) is 62.6 Å². The first kappa shape index (κ1) is 19.5. The number of ether oxygens (including phenoxy) is 2. The van der Waals surface area contributed by atoms with Crippen molar-refractivity contribution in [1.82, 2.24) is 4.90 Å². The lowest BCUT2D eigenvalue weighted by molar-refractivity contribution is 0.0662. The molecular formula is C22H30N2O3. The number of hydrogen-bond donors (Lipinski definition) is 1. The molecule has 1 saturated heterocycles. The van der Waals surface area contributed by atoms with Crippen molar-refractivity contribution >= 4 is 5.69 Å². The van der Waals surface area contributed by atoms with E-state index in [0.717, 1.165) is 49.8 Å². The van der Waals surface area contributed by atoms with E-state index in [1.54, 1.807) is 7.11 Å². The third kappa shape index (κ3) is 5.37.